The van der Waals surface area contributed by atoms with E-state index in [1.807, 2.05) is 6.20 Å². The highest BCUT2D eigenvalue weighted by Crippen LogP contribution is 2.39. The van der Waals surface area contributed by atoms with Gasteiger partial charge in [-0.2, -0.15) is 0 Å². The number of aromatic nitrogens is 2. The first-order valence-electron chi connectivity index (χ1n) is 5.97. The van der Waals surface area contributed by atoms with E-state index in [0.29, 0.717) is 5.92 Å². The van der Waals surface area contributed by atoms with Crippen molar-refractivity contribution in [1.82, 2.24) is 15.3 Å². The van der Waals surface area contributed by atoms with E-state index >= 15 is 0 Å². The van der Waals surface area contributed by atoms with Crippen molar-refractivity contribution < 1.29 is 0 Å². The lowest BCUT2D eigenvalue weighted by Crippen LogP contribution is -2.27. The van der Waals surface area contributed by atoms with Gasteiger partial charge >= 0.3 is 0 Å². The van der Waals surface area contributed by atoms with Crippen LogP contribution in [0.3, 0.4) is 0 Å². The fourth-order valence-electron chi connectivity index (χ4n) is 2.27. The van der Waals surface area contributed by atoms with E-state index in [2.05, 4.69) is 16.4 Å². The number of hydrogen-bond donors (Lipinski definition) is 1. The normalized spacial score (nSPS) is 22.9. The zero-order valence-electron chi connectivity index (χ0n) is 8.95. The summed E-state index contributed by atoms with van der Waals surface area (Å²) in [5.74, 6) is 2.42. The highest BCUT2D eigenvalue weighted by atomic mass is 14.9. The molecule has 1 saturated heterocycles. The van der Waals surface area contributed by atoms with Crippen molar-refractivity contribution in [2.75, 3.05) is 13.1 Å². The van der Waals surface area contributed by atoms with Crippen LogP contribution < -0.4 is 5.32 Å². The van der Waals surface area contributed by atoms with Gasteiger partial charge in [0.1, 0.15) is 5.82 Å². The molecule has 0 aromatic carbocycles. The maximum atomic E-state index is 4.72. The molecular formula is C12H17N3. The van der Waals surface area contributed by atoms with E-state index < -0.39 is 0 Å². The smallest absolute Gasteiger partial charge is 0.131 e. The van der Waals surface area contributed by atoms with Crippen molar-refractivity contribution in [3.05, 3.63) is 23.8 Å². The van der Waals surface area contributed by atoms with Gasteiger partial charge in [-0.3, -0.25) is 0 Å². The zero-order chi connectivity index (χ0) is 10.1. The summed E-state index contributed by atoms with van der Waals surface area (Å²) in [7, 11) is 0. The first-order chi connectivity index (χ1) is 7.43. The van der Waals surface area contributed by atoms with Gasteiger partial charge in [-0.1, -0.05) is 0 Å². The molecule has 1 aliphatic heterocycles. The molecule has 15 heavy (non-hydrogen) atoms. The predicted molar refractivity (Wildman–Crippen MR) is 58.9 cm³/mol. The van der Waals surface area contributed by atoms with Gasteiger partial charge < -0.3 is 5.32 Å². The van der Waals surface area contributed by atoms with Gasteiger partial charge in [-0.05, 0) is 44.8 Å². The van der Waals surface area contributed by atoms with Crippen LogP contribution in [0.2, 0.25) is 0 Å². The Balaban J connectivity index is 1.80. The largest absolute Gasteiger partial charge is 0.317 e. The van der Waals surface area contributed by atoms with Crippen LogP contribution in [-0.2, 0) is 0 Å². The summed E-state index contributed by atoms with van der Waals surface area (Å²) in [6.07, 6.45) is 6.96. The van der Waals surface area contributed by atoms with Crippen LogP contribution in [-0.4, -0.2) is 23.1 Å². The number of hydrogen-bond acceptors (Lipinski definition) is 3. The van der Waals surface area contributed by atoms with E-state index in [1.54, 1.807) is 0 Å². The molecule has 0 radical (unpaired) electrons. The highest BCUT2D eigenvalue weighted by molar-refractivity contribution is 5.15. The van der Waals surface area contributed by atoms with Gasteiger partial charge in [-0.25, -0.2) is 9.97 Å². The number of piperidine rings is 1. The standard InChI is InChI=1S/C12H17N3/c1-2-9(1)11-5-8-14-12(15-11)10-3-6-13-7-4-10/h5,8-10,13H,1-4,6-7H2. The molecule has 2 aliphatic rings. The zero-order valence-corrected chi connectivity index (χ0v) is 8.95. The molecule has 0 unspecified atom stereocenters. The van der Waals surface area contributed by atoms with Crippen LogP contribution >= 0.6 is 0 Å². The summed E-state index contributed by atoms with van der Waals surface area (Å²) in [5.41, 5.74) is 1.28. The quantitative estimate of drug-likeness (QED) is 0.796. The van der Waals surface area contributed by atoms with Crippen LogP contribution in [0.15, 0.2) is 12.3 Å². The van der Waals surface area contributed by atoms with E-state index in [0.717, 1.165) is 24.8 Å². The van der Waals surface area contributed by atoms with E-state index in [4.69, 9.17) is 4.98 Å². The van der Waals surface area contributed by atoms with Gasteiger partial charge in [0.15, 0.2) is 0 Å². The van der Waals surface area contributed by atoms with Gasteiger partial charge in [0.05, 0.1) is 0 Å². The number of nitrogens with one attached hydrogen (secondary N) is 1. The lowest BCUT2D eigenvalue weighted by Gasteiger charge is -2.21. The molecule has 1 aliphatic carbocycles. The molecule has 3 nitrogen and oxygen atoms in total. The minimum atomic E-state index is 0.588. The van der Waals surface area contributed by atoms with E-state index in [-0.39, 0.29) is 0 Å². The van der Waals surface area contributed by atoms with E-state index in [9.17, 15) is 0 Å². The first kappa shape index (κ1) is 9.28. The van der Waals surface area contributed by atoms with Crippen LogP contribution in [0.25, 0.3) is 0 Å². The molecule has 0 spiro atoms. The minimum Gasteiger partial charge on any atom is -0.317 e. The maximum absolute atomic E-state index is 4.72. The Morgan fingerprint density at radius 3 is 2.60 bits per heavy atom. The summed E-state index contributed by atoms with van der Waals surface area (Å²) >= 11 is 0. The third-order valence-corrected chi connectivity index (χ3v) is 3.40. The molecule has 0 amide bonds. The molecule has 1 N–H and O–H groups in total. The SMILES string of the molecule is c1cc(C2CC2)nc(C2CCNCC2)n1. The topological polar surface area (TPSA) is 37.8 Å². The molecule has 2 heterocycles. The molecule has 1 saturated carbocycles. The third kappa shape index (κ3) is 2.02. The molecule has 2 fully saturated rings. The van der Waals surface area contributed by atoms with Crippen LogP contribution in [0.4, 0.5) is 0 Å². The van der Waals surface area contributed by atoms with Crippen LogP contribution in [0, 0.1) is 0 Å². The molecule has 0 atom stereocenters. The predicted octanol–water partition coefficient (Wildman–Crippen LogP) is 1.82. The fourth-order valence-corrected chi connectivity index (χ4v) is 2.27. The summed E-state index contributed by atoms with van der Waals surface area (Å²) < 4.78 is 0. The Bertz CT molecular complexity index is 340. The summed E-state index contributed by atoms with van der Waals surface area (Å²) in [6, 6.07) is 2.09. The second-order valence-corrected chi connectivity index (χ2v) is 4.64. The Morgan fingerprint density at radius 2 is 1.87 bits per heavy atom. The fraction of sp³-hybridized carbons (Fsp3) is 0.667. The molecule has 0 bridgehead atoms. The monoisotopic (exact) mass is 203 g/mol. The number of rotatable bonds is 2. The Morgan fingerprint density at radius 1 is 1.07 bits per heavy atom. The maximum Gasteiger partial charge on any atom is 0.131 e. The van der Waals surface area contributed by atoms with Crippen molar-refractivity contribution >= 4 is 0 Å². The van der Waals surface area contributed by atoms with Crippen molar-refractivity contribution in [1.29, 1.82) is 0 Å². The molecule has 1 aromatic heterocycles. The third-order valence-electron chi connectivity index (χ3n) is 3.40. The molecule has 3 rings (SSSR count). The Labute approximate surface area is 90.3 Å². The highest BCUT2D eigenvalue weighted by Gasteiger charge is 2.26. The number of nitrogens with zero attached hydrogens (tertiary/aromatic N) is 2. The van der Waals surface area contributed by atoms with Crippen LogP contribution in [0.1, 0.15) is 49.0 Å². The molecule has 80 valence electrons. The lowest BCUT2D eigenvalue weighted by atomic mass is 9.97. The summed E-state index contributed by atoms with van der Waals surface area (Å²) in [5, 5.41) is 3.38. The lowest BCUT2D eigenvalue weighted by molar-refractivity contribution is 0.444. The average molecular weight is 203 g/mol. The van der Waals surface area contributed by atoms with Crippen molar-refractivity contribution in [3.8, 4) is 0 Å². The van der Waals surface area contributed by atoms with Gasteiger partial charge in [0.25, 0.3) is 0 Å². The summed E-state index contributed by atoms with van der Waals surface area (Å²) in [6.45, 7) is 2.23. The Kier molecular flexibility index (Phi) is 2.41. The molecule has 3 heteroatoms. The average Bonchev–Trinajstić information content (AvgIpc) is 3.14. The molecule has 1 aromatic rings. The van der Waals surface area contributed by atoms with Crippen molar-refractivity contribution in [3.63, 3.8) is 0 Å². The Hall–Kier alpha value is -0.960. The van der Waals surface area contributed by atoms with Gasteiger partial charge in [-0.15, -0.1) is 0 Å². The molecular weight excluding hydrogens is 186 g/mol. The van der Waals surface area contributed by atoms with Crippen molar-refractivity contribution in [2.24, 2.45) is 0 Å². The second kappa shape index (κ2) is 3.89. The first-order valence-corrected chi connectivity index (χ1v) is 5.97. The van der Waals surface area contributed by atoms with Gasteiger partial charge in [0, 0.05) is 23.7 Å². The van der Waals surface area contributed by atoms with E-state index in [1.165, 1.54) is 31.4 Å². The van der Waals surface area contributed by atoms with Crippen molar-refractivity contribution in [2.45, 2.75) is 37.5 Å². The van der Waals surface area contributed by atoms with Gasteiger partial charge in [0.2, 0.25) is 0 Å². The summed E-state index contributed by atoms with van der Waals surface area (Å²) in [4.78, 5) is 9.15. The minimum absolute atomic E-state index is 0.588. The van der Waals surface area contributed by atoms with Crippen LogP contribution in [0.5, 0.6) is 0 Å². The second-order valence-electron chi connectivity index (χ2n) is 4.64.